The highest BCUT2D eigenvalue weighted by Gasteiger charge is 2.31. The number of benzene rings is 1. The van der Waals surface area contributed by atoms with Gasteiger partial charge in [0.05, 0.1) is 5.60 Å². The molecule has 1 aliphatic heterocycles. The molecule has 2 rings (SSSR count). The number of thioether (sulfide) groups is 1. The lowest BCUT2D eigenvalue weighted by atomic mass is 10.0. The number of nitrogens with one attached hydrogen (secondary N) is 1. The SMILES string of the molecule is O=C(CCCc1ccc(F)c(F)c1)NCC1(O)CCSC1. The third-order valence-electron chi connectivity index (χ3n) is 3.55. The minimum atomic E-state index is -0.863. The third kappa shape index (κ3) is 4.97. The highest BCUT2D eigenvalue weighted by molar-refractivity contribution is 7.99. The molecule has 1 aromatic carbocycles. The Morgan fingerprint density at radius 2 is 2.19 bits per heavy atom. The van der Waals surface area contributed by atoms with Gasteiger partial charge < -0.3 is 10.4 Å². The summed E-state index contributed by atoms with van der Waals surface area (Å²) in [6, 6.07) is 3.78. The minimum absolute atomic E-state index is 0.122. The number of amides is 1. The van der Waals surface area contributed by atoms with Gasteiger partial charge in [0.25, 0.3) is 0 Å². The third-order valence-corrected chi connectivity index (χ3v) is 4.78. The molecular weight excluding hydrogens is 296 g/mol. The van der Waals surface area contributed by atoms with E-state index in [-0.39, 0.29) is 12.5 Å². The molecule has 0 saturated carbocycles. The van der Waals surface area contributed by atoms with Crippen molar-refractivity contribution in [3.8, 4) is 0 Å². The zero-order valence-corrected chi connectivity index (χ0v) is 12.5. The van der Waals surface area contributed by atoms with Crippen LogP contribution in [-0.2, 0) is 11.2 Å². The molecule has 21 heavy (non-hydrogen) atoms. The average molecular weight is 315 g/mol. The monoisotopic (exact) mass is 315 g/mol. The van der Waals surface area contributed by atoms with Gasteiger partial charge in [-0.15, -0.1) is 0 Å². The first-order valence-corrected chi connectivity index (χ1v) is 8.15. The van der Waals surface area contributed by atoms with Gasteiger partial charge in [0.1, 0.15) is 0 Å². The molecule has 1 amide bonds. The topological polar surface area (TPSA) is 49.3 Å². The van der Waals surface area contributed by atoms with Crippen LogP contribution in [0.25, 0.3) is 0 Å². The highest BCUT2D eigenvalue weighted by atomic mass is 32.2. The molecule has 1 aliphatic rings. The fourth-order valence-electron chi connectivity index (χ4n) is 2.24. The Kier molecular flexibility index (Phi) is 5.58. The zero-order valence-electron chi connectivity index (χ0n) is 11.7. The van der Waals surface area contributed by atoms with Gasteiger partial charge in [-0.05, 0) is 42.7 Å². The molecule has 0 bridgehead atoms. The molecule has 0 spiro atoms. The Labute approximate surface area is 127 Å². The summed E-state index contributed by atoms with van der Waals surface area (Å²) in [5, 5.41) is 12.8. The molecule has 1 saturated heterocycles. The molecule has 6 heteroatoms. The van der Waals surface area contributed by atoms with Gasteiger partial charge in [-0.1, -0.05) is 6.07 Å². The summed E-state index contributed by atoms with van der Waals surface area (Å²) in [6.45, 7) is 0.282. The molecule has 0 radical (unpaired) electrons. The van der Waals surface area contributed by atoms with Crippen LogP contribution in [0.5, 0.6) is 0 Å². The van der Waals surface area contributed by atoms with Gasteiger partial charge in [-0.3, -0.25) is 4.79 Å². The van der Waals surface area contributed by atoms with Crippen molar-refractivity contribution < 1.29 is 18.7 Å². The second-order valence-corrected chi connectivity index (χ2v) is 6.51. The van der Waals surface area contributed by atoms with E-state index in [1.807, 2.05) is 0 Å². The fraction of sp³-hybridized carbons (Fsp3) is 0.533. The van der Waals surface area contributed by atoms with E-state index in [4.69, 9.17) is 0 Å². The second-order valence-electron chi connectivity index (χ2n) is 5.41. The van der Waals surface area contributed by atoms with E-state index in [1.165, 1.54) is 6.07 Å². The van der Waals surface area contributed by atoms with E-state index < -0.39 is 17.2 Å². The normalized spacial score (nSPS) is 21.5. The Morgan fingerprint density at radius 3 is 2.86 bits per heavy atom. The largest absolute Gasteiger partial charge is 0.387 e. The maximum Gasteiger partial charge on any atom is 0.220 e. The molecule has 1 aromatic rings. The lowest BCUT2D eigenvalue weighted by Gasteiger charge is -2.21. The summed E-state index contributed by atoms with van der Waals surface area (Å²) in [5.74, 6) is -0.273. The molecule has 1 fully saturated rings. The summed E-state index contributed by atoms with van der Waals surface area (Å²) in [6.07, 6.45) is 2.09. The molecule has 1 unspecified atom stereocenters. The number of halogens is 2. The number of aliphatic hydroxyl groups is 1. The summed E-state index contributed by atoms with van der Waals surface area (Å²) < 4.78 is 25.8. The van der Waals surface area contributed by atoms with Gasteiger partial charge >= 0.3 is 0 Å². The molecule has 0 aromatic heterocycles. The number of hydrogen-bond acceptors (Lipinski definition) is 3. The molecule has 116 valence electrons. The van der Waals surface area contributed by atoms with Crippen LogP contribution in [0, 0.1) is 11.6 Å². The summed E-state index contributed by atoms with van der Waals surface area (Å²) in [5.41, 5.74) is -0.104. The van der Waals surface area contributed by atoms with Crippen LogP contribution in [0.2, 0.25) is 0 Å². The number of aryl methyl sites for hydroxylation is 1. The Balaban J connectivity index is 1.68. The van der Waals surface area contributed by atoms with E-state index in [2.05, 4.69) is 5.32 Å². The standard InChI is InChI=1S/C15H19F2NO2S/c16-12-5-4-11(8-13(12)17)2-1-3-14(19)18-9-15(20)6-7-21-10-15/h4-5,8,20H,1-3,6-7,9-10H2,(H,18,19). The smallest absolute Gasteiger partial charge is 0.220 e. The number of hydrogen-bond donors (Lipinski definition) is 2. The van der Waals surface area contributed by atoms with Gasteiger partial charge in [-0.25, -0.2) is 8.78 Å². The summed E-state index contributed by atoms with van der Waals surface area (Å²) in [7, 11) is 0. The number of carbonyl (C=O) groups is 1. The van der Waals surface area contributed by atoms with E-state index in [0.717, 1.165) is 17.9 Å². The van der Waals surface area contributed by atoms with Crippen molar-refractivity contribution in [2.24, 2.45) is 0 Å². The van der Waals surface area contributed by atoms with E-state index in [1.54, 1.807) is 11.8 Å². The Morgan fingerprint density at radius 1 is 1.38 bits per heavy atom. The van der Waals surface area contributed by atoms with Crippen LogP contribution < -0.4 is 5.32 Å². The van der Waals surface area contributed by atoms with Crippen LogP contribution in [0.4, 0.5) is 8.78 Å². The van der Waals surface area contributed by atoms with E-state index in [9.17, 15) is 18.7 Å². The summed E-state index contributed by atoms with van der Waals surface area (Å²) in [4.78, 5) is 11.7. The van der Waals surface area contributed by atoms with Crippen molar-refractivity contribution in [3.63, 3.8) is 0 Å². The van der Waals surface area contributed by atoms with Crippen LogP contribution in [0.1, 0.15) is 24.8 Å². The van der Waals surface area contributed by atoms with Crippen LogP contribution in [-0.4, -0.2) is 34.7 Å². The minimum Gasteiger partial charge on any atom is -0.387 e. The maximum atomic E-state index is 13.0. The van der Waals surface area contributed by atoms with Gasteiger partial charge in [0.15, 0.2) is 11.6 Å². The number of rotatable bonds is 6. The van der Waals surface area contributed by atoms with Crippen molar-refractivity contribution in [2.45, 2.75) is 31.3 Å². The predicted octanol–water partition coefficient (Wildman–Crippen LogP) is 2.27. The Hall–Kier alpha value is -1.14. The first-order valence-electron chi connectivity index (χ1n) is 6.99. The van der Waals surface area contributed by atoms with Crippen molar-refractivity contribution in [1.29, 1.82) is 0 Å². The molecule has 2 N–H and O–H groups in total. The second kappa shape index (κ2) is 7.22. The molecule has 3 nitrogen and oxygen atoms in total. The fourth-order valence-corrected chi connectivity index (χ4v) is 3.53. The van der Waals surface area contributed by atoms with Gasteiger partial charge in [-0.2, -0.15) is 11.8 Å². The van der Waals surface area contributed by atoms with E-state index >= 15 is 0 Å². The molecule has 0 aliphatic carbocycles. The average Bonchev–Trinajstić information content (AvgIpc) is 2.88. The van der Waals surface area contributed by atoms with Gasteiger partial charge in [0, 0.05) is 18.7 Å². The van der Waals surface area contributed by atoms with Crippen molar-refractivity contribution in [3.05, 3.63) is 35.4 Å². The predicted molar refractivity (Wildman–Crippen MR) is 79.2 cm³/mol. The highest BCUT2D eigenvalue weighted by Crippen LogP contribution is 2.26. The first kappa shape index (κ1) is 16.2. The first-order chi connectivity index (χ1) is 9.98. The zero-order chi connectivity index (χ0) is 15.3. The number of carbonyl (C=O) groups excluding carboxylic acids is 1. The van der Waals surface area contributed by atoms with Gasteiger partial charge in [0.2, 0.25) is 5.91 Å². The quantitative estimate of drug-likeness (QED) is 0.847. The van der Waals surface area contributed by atoms with Crippen molar-refractivity contribution >= 4 is 17.7 Å². The van der Waals surface area contributed by atoms with Crippen LogP contribution in [0.15, 0.2) is 18.2 Å². The summed E-state index contributed by atoms with van der Waals surface area (Å²) >= 11 is 1.68. The lowest BCUT2D eigenvalue weighted by molar-refractivity contribution is -0.122. The van der Waals surface area contributed by atoms with Crippen LogP contribution in [0.3, 0.4) is 0 Å². The van der Waals surface area contributed by atoms with Crippen molar-refractivity contribution in [1.82, 2.24) is 5.32 Å². The lowest BCUT2D eigenvalue weighted by Crippen LogP contribution is -2.42. The Bertz CT molecular complexity index is 504. The van der Waals surface area contributed by atoms with Crippen LogP contribution >= 0.6 is 11.8 Å². The van der Waals surface area contributed by atoms with E-state index in [0.29, 0.717) is 37.0 Å². The molecular formula is C15H19F2NO2S. The van der Waals surface area contributed by atoms with Crippen molar-refractivity contribution in [2.75, 3.05) is 18.1 Å². The molecule has 1 atom stereocenters. The molecule has 1 heterocycles. The maximum absolute atomic E-state index is 13.0.